The molecule has 1 amide bonds. The summed E-state index contributed by atoms with van der Waals surface area (Å²) < 4.78 is 53.4. The van der Waals surface area contributed by atoms with E-state index in [1.54, 1.807) is 17.0 Å². The molecule has 2 aromatic carbocycles. The summed E-state index contributed by atoms with van der Waals surface area (Å²) in [6, 6.07) is 9.50. The normalized spacial score (nSPS) is 15.9. The maximum atomic E-state index is 13.9. The SMILES string of the molecule is Cc1ccccc1C(=O)N1CCN(S(=O)(=O)c2cc(F)ccc2F)CC1. The monoisotopic (exact) mass is 380 g/mol. The van der Waals surface area contributed by atoms with Crippen molar-refractivity contribution in [2.24, 2.45) is 0 Å². The van der Waals surface area contributed by atoms with Gasteiger partial charge in [-0.25, -0.2) is 17.2 Å². The van der Waals surface area contributed by atoms with Crippen LogP contribution in [0.15, 0.2) is 47.4 Å². The van der Waals surface area contributed by atoms with E-state index in [9.17, 15) is 22.0 Å². The zero-order chi connectivity index (χ0) is 18.9. The molecule has 8 heteroatoms. The highest BCUT2D eigenvalue weighted by atomic mass is 32.2. The van der Waals surface area contributed by atoms with Crippen molar-refractivity contribution < 1.29 is 22.0 Å². The van der Waals surface area contributed by atoms with Crippen LogP contribution in [0.4, 0.5) is 8.78 Å². The van der Waals surface area contributed by atoms with Gasteiger partial charge in [0.05, 0.1) is 0 Å². The van der Waals surface area contributed by atoms with E-state index < -0.39 is 26.6 Å². The number of rotatable bonds is 3. The molecular formula is C18H18F2N2O3S. The van der Waals surface area contributed by atoms with E-state index in [1.807, 2.05) is 19.1 Å². The van der Waals surface area contributed by atoms with Crippen LogP contribution >= 0.6 is 0 Å². The first-order valence-electron chi connectivity index (χ1n) is 8.11. The van der Waals surface area contributed by atoms with Gasteiger partial charge >= 0.3 is 0 Å². The van der Waals surface area contributed by atoms with Crippen LogP contribution in [0.25, 0.3) is 0 Å². The largest absolute Gasteiger partial charge is 0.336 e. The number of amides is 1. The Morgan fingerprint density at radius 1 is 1.00 bits per heavy atom. The van der Waals surface area contributed by atoms with Crippen LogP contribution in [-0.2, 0) is 10.0 Å². The number of benzene rings is 2. The highest BCUT2D eigenvalue weighted by molar-refractivity contribution is 7.89. The average molecular weight is 380 g/mol. The van der Waals surface area contributed by atoms with Crippen LogP contribution in [0.2, 0.25) is 0 Å². The smallest absolute Gasteiger partial charge is 0.254 e. The lowest BCUT2D eigenvalue weighted by Crippen LogP contribution is -2.50. The summed E-state index contributed by atoms with van der Waals surface area (Å²) in [6.07, 6.45) is 0. The minimum Gasteiger partial charge on any atom is -0.336 e. The first-order chi connectivity index (χ1) is 12.3. The summed E-state index contributed by atoms with van der Waals surface area (Å²) in [4.78, 5) is 13.5. The number of carbonyl (C=O) groups excluding carboxylic acids is 1. The number of halogens is 2. The van der Waals surface area contributed by atoms with Crippen molar-refractivity contribution in [1.29, 1.82) is 0 Å². The Bertz CT molecular complexity index is 939. The molecule has 1 aliphatic rings. The van der Waals surface area contributed by atoms with Crippen molar-refractivity contribution in [1.82, 2.24) is 9.21 Å². The van der Waals surface area contributed by atoms with Gasteiger partial charge in [0.1, 0.15) is 16.5 Å². The van der Waals surface area contributed by atoms with Gasteiger partial charge in [-0.2, -0.15) is 4.31 Å². The summed E-state index contributed by atoms with van der Waals surface area (Å²) in [5.41, 5.74) is 1.41. The molecule has 138 valence electrons. The number of piperazine rings is 1. The number of aryl methyl sites for hydroxylation is 1. The fourth-order valence-corrected chi connectivity index (χ4v) is 4.43. The molecule has 1 heterocycles. The molecule has 0 bridgehead atoms. The number of nitrogens with zero attached hydrogens (tertiary/aromatic N) is 2. The van der Waals surface area contributed by atoms with Gasteiger partial charge in [-0.3, -0.25) is 4.79 Å². The Kier molecular flexibility index (Phi) is 5.06. The Morgan fingerprint density at radius 2 is 1.65 bits per heavy atom. The number of hydrogen-bond donors (Lipinski definition) is 0. The first kappa shape index (κ1) is 18.5. The van der Waals surface area contributed by atoms with Gasteiger partial charge in [0.15, 0.2) is 0 Å². The highest BCUT2D eigenvalue weighted by Crippen LogP contribution is 2.22. The molecule has 0 saturated carbocycles. The van der Waals surface area contributed by atoms with Gasteiger partial charge in [0.2, 0.25) is 10.0 Å². The maximum absolute atomic E-state index is 13.9. The minimum absolute atomic E-state index is 0.0237. The Balaban J connectivity index is 1.75. The fourth-order valence-electron chi connectivity index (χ4n) is 2.93. The number of carbonyl (C=O) groups is 1. The molecule has 0 N–H and O–H groups in total. The predicted molar refractivity (Wildman–Crippen MR) is 92.2 cm³/mol. The lowest BCUT2D eigenvalue weighted by Gasteiger charge is -2.34. The molecular weight excluding hydrogens is 362 g/mol. The molecule has 0 unspecified atom stereocenters. The first-order valence-corrected chi connectivity index (χ1v) is 9.55. The minimum atomic E-state index is -4.16. The predicted octanol–water partition coefficient (Wildman–Crippen LogP) is 2.42. The molecule has 1 fully saturated rings. The van der Waals surface area contributed by atoms with Crippen molar-refractivity contribution in [2.75, 3.05) is 26.2 Å². The second kappa shape index (κ2) is 7.13. The van der Waals surface area contributed by atoms with Crippen LogP contribution < -0.4 is 0 Å². The number of sulfonamides is 1. The molecule has 3 rings (SSSR count). The van der Waals surface area contributed by atoms with Crippen molar-refractivity contribution in [3.63, 3.8) is 0 Å². The second-order valence-electron chi connectivity index (χ2n) is 6.09. The summed E-state index contributed by atoms with van der Waals surface area (Å²) in [5.74, 6) is -1.99. The average Bonchev–Trinajstić information content (AvgIpc) is 2.63. The van der Waals surface area contributed by atoms with Crippen molar-refractivity contribution in [3.05, 3.63) is 65.2 Å². The van der Waals surface area contributed by atoms with E-state index in [-0.39, 0.29) is 32.1 Å². The zero-order valence-electron chi connectivity index (χ0n) is 14.2. The molecule has 0 aromatic heterocycles. The Morgan fingerprint density at radius 3 is 2.31 bits per heavy atom. The van der Waals surface area contributed by atoms with Crippen LogP contribution in [0.3, 0.4) is 0 Å². The van der Waals surface area contributed by atoms with E-state index in [4.69, 9.17) is 0 Å². The third kappa shape index (κ3) is 3.47. The second-order valence-corrected chi connectivity index (χ2v) is 7.99. The van der Waals surface area contributed by atoms with Crippen LogP contribution in [0.5, 0.6) is 0 Å². The number of hydrogen-bond acceptors (Lipinski definition) is 3. The molecule has 1 saturated heterocycles. The van der Waals surface area contributed by atoms with Gasteiger partial charge in [-0.1, -0.05) is 18.2 Å². The third-order valence-corrected chi connectivity index (χ3v) is 6.33. The lowest BCUT2D eigenvalue weighted by atomic mass is 10.1. The van der Waals surface area contributed by atoms with Gasteiger partial charge in [0, 0.05) is 31.7 Å². The zero-order valence-corrected chi connectivity index (χ0v) is 15.0. The third-order valence-electron chi connectivity index (χ3n) is 4.41. The molecule has 0 atom stereocenters. The summed E-state index contributed by atoms with van der Waals surface area (Å²) >= 11 is 0. The van der Waals surface area contributed by atoms with Crippen molar-refractivity contribution in [2.45, 2.75) is 11.8 Å². The molecule has 0 spiro atoms. The van der Waals surface area contributed by atoms with Crippen LogP contribution in [-0.4, -0.2) is 49.7 Å². The van der Waals surface area contributed by atoms with E-state index in [1.165, 1.54) is 0 Å². The van der Waals surface area contributed by atoms with Gasteiger partial charge in [0.25, 0.3) is 5.91 Å². The topological polar surface area (TPSA) is 57.7 Å². The summed E-state index contributed by atoms with van der Waals surface area (Å²) in [6.45, 7) is 2.25. The molecule has 1 aliphatic heterocycles. The quantitative estimate of drug-likeness (QED) is 0.822. The molecule has 0 aliphatic carbocycles. The van der Waals surface area contributed by atoms with E-state index in [0.29, 0.717) is 11.6 Å². The maximum Gasteiger partial charge on any atom is 0.254 e. The molecule has 26 heavy (non-hydrogen) atoms. The molecule has 0 radical (unpaired) electrons. The summed E-state index contributed by atoms with van der Waals surface area (Å²) in [5, 5.41) is 0. The van der Waals surface area contributed by atoms with E-state index in [0.717, 1.165) is 22.0 Å². The highest BCUT2D eigenvalue weighted by Gasteiger charge is 2.32. The molecule has 5 nitrogen and oxygen atoms in total. The van der Waals surface area contributed by atoms with E-state index in [2.05, 4.69) is 0 Å². The van der Waals surface area contributed by atoms with Gasteiger partial charge in [-0.05, 0) is 36.8 Å². The lowest BCUT2D eigenvalue weighted by molar-refractivity contribution is 0.0697. The Hall–Kier alpha value is -2.32. The molecule has 2 aromatic rings. The van der Waals surface area contributed by atoms with Crippen molar-refractivity contribution >= 4 is 15.9 Å². The summed E-state index contributed by atoms with van der Waals surface area (Å²) in [7, 11) is -4.16. The fraction of sp³-hybridized carbons (Fsp3) is 0.278. The standard InChI is InChI=1S/C18H18F2N2O3S/c1-13-4-2-3-5-15(13)18(23)21-8-10-22(11-9-21)26(24,25)17-12-14(19)6-7-16(17)20/h2-7,12H,8-11H2,1H3. The van der Waals surface area contributed by atoms with Gasteiger partial charge < -0.3 is 4.90 Å². The van der Waals surface area contributed by atoms with Crippen molar-refractivity contribution in [3.8, 4) is 0 Å². The van der Waals surface area contributed by atoms with E-state index >= 15 is 0 Å². The van der Waals surface area contributed by atoms with Gasteiger partial charge in [-0.15, -0.1) is 0 Å². The Labute approximate surface area is 150 Å². The van der Waals surface area contributed by atoms with Crippen LogP contribution in [0.1, 0.15) is 15.9 Å². The van der Waals surface area contributed by atoms with Crippen LogP contribution in [0, 0.1) is 18.6 Å².